The number of nitro benzene ring substituents is 1. The molecule has 0 spiro atoms. The fourth-order valence-corrected chi connectivity index (χ4v) is 2.06. The fourth-order valence-electron chi connectivity index (χ4n) is 2.06. The van der Waals surface area contributed by atoms with Gasteiger partial charge in [0.1, 0.15) is 5.75 Å². The summed E-state index contributed by atoms with van der Waals surface area (Å²) in [5.41, 5.74) is 6.20. The molecule has 2 rings (SSSR count). The van der Waals surface area contributed by atoms with E-state index in [1.165, 1.54) is 42.0 Å². The Morgan fingerprint density at radius 1 is 1.07 bits per heavy atom. The predicted molar refractivity (Wildman–Crippen MR) is 99.7 cm³/mol. The molecule has 2 amide bonds. The molecule has 0 aliphatic rings. The SMILES string of the molecule is CCc1ccc(OCC(=O)NNC(=O)/C=C/c2ccc([N+](=O)[O-])cc2)cc1. The van der Waals surface area contributed by atoms with E-state index in [0.717, 1.165) is 6.42 Å². The third kappa shape index (κ3) is 6.62. The molecular formula is C19H19N3O5. The molecule has 0 bridgehead atoms. The van der Waals surface area contributed by atoms with Gasteiger partial charge in [0.05, 0.1) is 4.92 Å². The Kier molecular flexibility index (Phi) is 7.07. The van der Waals surface area contributed by atoms with Crippen molar-refractivity contribution in [3.05, 3.63) is 75.8 Å². The van der Waals surface area contributed by atoms with Crippen molar-refractivity contribution in [3.63, 3.8) is 0 Å². The molecule has 27 heavy (non-hydrogen) atoms. The Morgan fingerprint density at radius 3 is 2.33 bits per heavy atom. The second kappa shape index (κ2) is 9.71. The van der Waals surface area contributed by atoms with Crippen molar-refractivity contribution in [2.45, 2.75) is 13.3 Å². The lowest BCUT2D eigenvalue weighted by Gasteiger charge is -2.08. The number of hydrazine groups is 1. The van der Waals surface area contributed by atoms with Crippen LogP contribution in [0, 0.1) is 10.1 Å². The normalized spacial score (nSPS) is 10.4. The molecule has 8 nitrogen and oxygen atoms in total. The highest BCUT2D eigenvalue weighted by Gasteiger charge is 2.05. The largest absolute Gasteiger partial charge is 0.484 e. The third-order valence-corrected chi connectivity index (χ3v) is 3.56. The number of ether oxygens (including phenoxy) is 1. The number of nitro groups is 1. The summed E-state index contributed by atoms with van der Waals surface area (Å²) in [5, 5.41) is 10.6. The smallest absolute Gasteiger partial charge is 0.276 e. The molecule has 0 fully saturated rings. The van der Waals surface area contributed by atoms with Gasteiger partial charge in [0.15, 0.2) is 6.61 Å². The predicted octanol–water partition coefficient (Wildman–Crippen LogP) is 2.40. The van der Waals surface area contributed by atoms with E-state index < -0.39 is 16.7 Å². The number of rotatable bonds is 7. The standard InChI is InChI=1S/C19H19N3O5/c1-2-14-5-10-17(11-6-14)27-13-19(24)21-20-18(23)12-7-15-3-8-16(9-4-15)22(25)26/h3-12H,2,13H2,1H3,(H,20,23)(H,21,24)/b12-7+. The van der Waals surface area contributed by atoms with E-state index in [-0.39, 0.29) is 12.3 Å². The zero-order chi connectivity index (χ0) is 19.6. The van der Waals surface area contributed by atoms with Gasteiger partial charge in [0.2, 0.25) is 0 Å². The number of nitrogens with zero attached hydrogens (tertiary/aromatic N) is 1. The van der Waals surface area contributed by atoms with E-state index in [1.807, 2.05) is 19.1 Å². The molecule has 0 unspecified atom stereocenters. The Balaban J connectivity index is 1.73. The van der Waals surface area contributed by atoms with Crippen molar-refractivity contribution in [2.24, 2.45) is 0 Å². The molecule has 0 aliphatic carbocycles. The van der Waals surface area contributed by atoms with Gasteiger partial charge in [-0.1, -0.05) is 19.1 Å². The summed E-state index contributed by atoms with van der Waals surface area (Å²) in [6, 6.07) is 13.1. The maximum absolute atomic E-state index is 11.7. The Labute approximate surface area is 156 Å². The summed E-state index contributed by atoms with van der Waals surface area (Å²) >= 11 is 0. The van der Waals surface area contributed by atoms with Crippen molar-refractivity contribution in [3.8, 4) is 5.75 Å². The zero-order valence-electron chi connectivity index (χ0n) is 14.7. The van der Waals surface area contributed by atoms with Crippen molar-refractivity contribution < 1.29 is 19.2 Å². The molecule has 2 N–H and O–H groups in total. The van der Waals surface area contributed by atoms with Crippen molar-refractivity contribution in [1.29, 1.82) is 0 Å². The summed E-state index contributed by atoms with van der Waals surface area (Å²) in [4.78, 5) is 33.4. The van der Waals surface area contributed by atoms with Gasteiger partial charge in [0.25, 0.3) is 17.5 Å². The summed E-state index contributed by atoms with van der Waals surface area (Å²) in [6.45, 7) is 1.81. The molecule has 0 atom stereocenters. The van der Waals surface area contributed by atoms with Gasteiger partial charge in [-0.2, -0.15) is 0 Å². The van der Waals surface area contributed by atoms with Crippen LogP contribution in [0.3, 0.4) is 0 Å². The second-order valence-corrected chi connectivity index (χ2v) is 5.51. The molecule has 0 heterocycles. The number of carbonyl (C=O) groups excluding carboxylic acids is 2. The molecule has 2 aromatic carbocycles. The first-order valence-corrected chi connectivity index (χ1v) is 8.21. The Morgan fingerprint density at radius 2 is 1.74 bits per heavy atom. The van der Waals surface area contributed by atoms with E-state index >= 15 is 0 Å². The summed E-state index contributed by atoms with van der Waals surface area (Å²) < 4.78 is 5.32. The van der Waals surface area contributed by atoms with E-state index in [2.05, 4.69) is 10.9 Å². The zero-order valence-corrected chi connectivity index (χ0v) is 14.7. The molecule has 2 aromatic rings. The van der Waals surface area contributed by atoms with Crippen molar-refractivity contribution >= 4 is 23.6 Å². The average Bonchev–Trinajstić information content (AvgIpc) is 2.69. The minimum absolute atomic E-state index is 0.0341. The van der Waals surface area contributed by atoms with Crippen LogP contribution >= 0.6 is 0 Å². The van der Waals surface area contributed by atoms with Crippen molar-refractivity contribution in [2.75, 3.05) is 6.61 Å². The van der Waals surface area contributed by atoms with Gasteiger partial charge in [-0.25, -0.2) is 0 Å². The lowest BCUT2D eigenvalue weighted by atomic mass is 10.2. The number of benzene rings is 2. The van der Waals surface area contributed by atoms with Gasteiger partial charge in [0, 0.05) is 18.2 Å². The third-order valence-electron chi connectivity index (χ3n) is 3.56. The topological polar surface area (TPSA) is 111 Å². The van der Waals surface area contributed by atoms with Crippen LogP contribution in [-0.2, 0) is 16.0 Å². The van der Waals surface area contributed by atoms with Gasteiger partial charge in [-0.05, 0) is 47.9 Å². The maximum Gasteiger partial charge on any atom is 0.276 e. The number of carbonyl (C=O) groups is 2. The summed E-state index contributed by atoms with van der Waals surface area (Å²) in [5.74, 6) is -0.493. The molecule has 0 saturated carbocycles. The Bertz CT molecular complexity index is 829. The second-order valence-electron chi connectivity index (χ2n) is 5.51. The monoisotopic (exact) mass is 369 g/mol. The number of amides is 2. The summed E-state index contributed by atoms with van der Waals surface area (Å²) in [6.07, 6.45) is 3.59. The van der Waals surface area contributed by atoms with Crippen LogP contribution in [0.2, 0.25) is 0 Å². The molecular weight excluding hydrogens is 350 g/mol. The first kappa shape index (κ1) is 19.6. The van der Waals surface area contributed by atoms with Crippen LogP contribution < -0.4 is 15.6 Å². The number of non-ortho nitro benzene ring substituents is 1. The van der Waals surface area contributed by atoms with Crippen molar-refractivity contribution in [1.82, 2.24) is 10.9 Å². The minimum Gasteiger partial charge on any atom is -0.484 e. The number of nitrogens with one attached hydrogen (secondary N) is 2. The highest BCUT2D eigenvalue weighted by Crippen LogP contribution is 2.13. The first-order valence-electron chi connectivity index (χ1n) is 8.21. The molecule has 0 radical (unpaired) electrons. The lowest BCUT2D eigenvalue weighted by molar-refractivity contribution is -0.384. The van der Waals surface area contributed by atoms with Gasteiger partial charge in [-0.15, -0.1) is 0 Å². The lowest BCUT2D eigenvalue weighted by Crippen LogP contribution is -2.43. The number of hydrogen-bond acceptors (Lipinski definition) is 5. The van der Waals surface area contributed by atoms with E-state index in [1.54, 1.807) is 12.1 Å². The summed E-state index contributed by atoms with van der Waals surface area (Å²) in [7, 11) is 0. The quantitative estimate of drug-likeness (QED) is 0.442. The first-order chi connectivity index (χ1) is 13.0. The van der Waals surface area contributed by atoms with E-state index in [0.29, 0.717) is 11.3 Å². The van der Waals surface area contributed by atoms with Gasteiger partial charge >= 0.3 is 0 Å². The fraction of sp³-hybridized carbons (Fsp3) is 0.158. The molecule has 0 saturated heterocycles. The molecule has 8 heteroatoms. The molecule has 140 valence electrons. The number of hydrogen-bond donors (Lipinski definition) is 2. The van der Waals surface area contributed by atoms with Crippen LogP contribution in [0.25, 0.3) is 6.08 Å². The van der Waals surface area contributed by atoms with Crippen LogP contribution in [0.4, 0.5) is 5.69 Å². The molecule has 0 aromatic heterocycles. The van der Waals surface area contributed by atoms with Gasteiger partial charge < -0.3 is 4.74 Å². The minimum atomic E-state index is -0.547. The van der Waals surface area contributed by atoms with Gasteiger partial charge in [-0.3, -0.25) is 30.6 Å². The Hall–Kier alpha value is -3.68. The van der Waals surface area contributed by atoms with Crippen LogP contribution in [0.1, 0.15) is 18.1 Å². The van der Waals surface area contributed by atoms with E-state index in [9.17, 15) is 19.7 Å². The van der Waals surface area contributed by atoms with Crippen LogP contribution in [0.15, 0.2) is 54.6 Å². The maximum atomic E-state index is 11.7. The molecule has 0 aliphatic heterocycles. The highest BCUT2D eigenvalue weighted by molar-refractivity contribution is 5.93. The van der Waals surface area contributed by atoms with E-state index in [4.69, 9.17) is 4.74 Å². The number of aryl methyl sites for hydroxylation is 1. The van der Waals surface area contributed by atoms with Crippen LogP contribution in [0.5, 0.6) is 5.75 Å². The highest BCUT2D eigenvalue weighted by atomic mass is 16.6. The average molecular weight is 369 g/mol. The van der Waals surface area contributed by atoms with Crippen LogP contribution in [-0.4, -0.2) is 23.3 Å².